The van der Waals surface area contributed by atoms with Crippen LogP contribution in [0.2, 0.25) is 5.02 Å². The van der Waals surface area contributed by atoms with E-state index in [-0.39, 0.29) is 6.04 Å². The maximum Gasteiger partial charge on any atom is 0.161 e. The lowest BCUT2D eigenvalue weighted by Crippen LogP contribution is -2.26. The molecule has 0 saturated carbocycles. The highest BCUT2D eigenvalue weighted by molar-refractivity contribution is 6.31. The van der Waals surface area contributed by atoms with Crippen LogP contribution in [0.15, 0.2) is 24.7 Å². The lowest BCUT2D eigenvalue weighted by Gasteiger charge is -2.21. The minimum atomic E-state index is -0.0745. The number of nitrogens with one attached hydrogen (secondary N) is 1. The van der Waals surface area contributed by atoms with E-state index in [9.17, 15) is 0 Å². The Labute approximate surface area is 130 Å². The largest absolute Gasteiger partial charge is 0.493 e. The van der Waals surface area contributed by atoms with Gasteiger partial charge in [-0.3, -0.25) is 9.67 Å². The molecule has 114 valence electrons. The number of ether oxygens (including phenoxy) is 1. The number of aromatic nitrogens is 3. The molecule has 2 aromatic rings. The van der Waals surface area contributed by atoms with Crippen LogP contribution >= 0.6 is 11.6 Å². The smallest absolute Gasteiger partial charge is 0.161 e. The van der Waals surface area contributed by atoms with Crippen molar-refractivity contribution in [3.8, 4) is 5.75 Å². The van der Waals surface area contributed by atoms with Crippen LogP contribution in [-0.2, 0) is 6.54 Å². The van der Waals surface area contributed by atoms with Gasteiger partial charge in [0, 0.05) is 18.9 Å². The molecule has 2 aromatic heterocycles. The monoisotopic (exact) mass is 308 g/mol. The Morgan fingerprint density at radius 1 is 1.38 bits per heavy atom. The fourth-order valence-electron chi connectivity index (χ4n) is 2.39. The van der Waals surface area contributed by atoms with Gasteiger partial charge in [0.1, 0.15) is 5.69 Å². The summed E-state index contributed by atoms with van der Waals surface area (Å²) in [7, 11) is 1.66. The van der Waals surface area contributed by atoms with E-state index in [4.69, 9.17) is 16.3 Å². The maximum absolute atomic E-state index is 6.32. The standard InChI is InChI=1S/C15H21ClN4O/c1-4-8-20-15(13(21-3)10-19-20)14(18-5-2)11-6-7-17-9-12(11)16/h6-7,9-10,14,18H,4-5,8H2,1-3H3. The summed E-state index contributed by atoms with van der Waals surface area (Å²) in [4.78, 5) is 4.06. The summed E-state index contributed by atoms with van der Waals surface area (Å²) in [5.74, 6) is 0.766. The number of pyridine rings is 1. The van der Waals surface area contributed by atoms with Crippen LogP contribution in [0.1, 0.15) is 37.6 Å². The second kappa shape index (κ2) is 7.43. The minimum absolute atomic E-state index is 0.0745. The summed E-state index contributed by atoms with van der Waals surface area (Å²) in [5.41, 5.74) is 1.97. The van der Waals surface area contributed by atoms with Gasteiger partial charge in [-0.25, -0.2) is 0 Å². The van der Waals surface area contributed by atoms with Crippen molar-refractivity contribution in [1.29, 1.82) is 0 Å². The van der Waals surface area contributed by atoms with Crippen molar-refractivity contribution in [3.05, 3.63) is 40.9 Å². The Bertz CT molecular complexity index is 585. The molecule has 0 aliphatic carbocycles. The number of halogens is 1. The molecule has 2 heterocycles. The van der Waals surface area contributed by atoms with E-state index in [0.717, 1.165) is 36.5 Å². The molecule has 0 amide bonds. The molecule has 1 N–H and O–H groups in total. The topological polar surface area (TPSA) is 52.0 Å². The highest BCUT2D eigenvalue weighted by Crippen LogP contribution is 2.33. The van der Waals surface area contributed by atoms with Crippen molar-refractivity contribution < 1.29 is 4.74 Å². The van der Waals surface area contributed by atoms with Gasteiger partial charge in [-0.15, -0.1) is 0 Å². The van der Waals surface area contributed by atoms with Gasteiger partial charge in [0.25, 0.3) is 0 Å². The Balaban J connectivity index is 2.52. The van der Waals surface area contributed by atoms with Gasteiger partial charge in [0.15, 0.2) is 5.75 Å². The van der Waals surface area contributed by atoms with Gasteiger partial charge in [0.05, 0.1) is 24.4 Å². The van der Waals surface area contributed by atoms with Crippen molar-refractivity contribution in [2.24, 2.45) is 0 Å². The lowest BCUT2D eigenvalue weighted by molar-refractivity contribution is 0.398. The first-order valence-corrected chi connectivity index (χ1v) is 7.53. The zero-order chi connectivity index (χ0) is 15.2. The van der Waals surface area contributed by atoms with Crippen LogP contribution in [0.3, 0.4) is 0 Å². The summed E-state index contributed by atoms with van der Waals surface area (Å²) in [6.45, 7) is 5.84. The molecule has 5 nitrogen and oxygen atoms in total. The Hall–Kier alpha value is -1.59. The first kappa shape index (κ1) is 15.8. The quantitative estimate of drug-likeness (QED) is 0.854. The fraction of sp³-hybridized carbons (Fsp3) is 0.467. The third-order valence-electron chi connectivity index (χ3n) is 3.30. The summed E-state index contributed by atoms with van der Waals surface area (Å²) in [6.07, 6.45) is 6.16. The molecule has 1 atom stereocenters. The molecule has 0 radical (unpaired) electrons. The second-order valence-corrected chi connectivity index (χ2v) is 5.12. The van der Waals surface area contributed by atoms with Crippen LogP contribution in [0.4, 0.5) is 0 Å². The summed E-state index contributed by atoms with van der Waals surface area (Å²) >= 11 is 6.32. The van der Waals surface area contributed by atoms with E-state index < -0.39 is 0 Å². The number of aryl methyl sites for hydroxylation is 1. The first-order chi connectivity index (χ1) is 10.2. The highest BCUT2D eigenvalue weighted by atomic mass is 35.5. The van der Waals surface area contributed by atoms with Crippen LogP contribution in [0.5, 0.6) is 5.75 Å². The van der Waals surface area contributed by atoms with Crippen LogP contribution in [0.25, 0.3) is 0 Å². The van der Waals surface area contributed by atoms with Gasteiger partial charge in [0.2, 0.25) is 0 Å². The van der Waals surface area contributed by atoms with E-state index in [0.29, 0.717) is 5.02 Å². The first-order valence-electron chi connectivity index (χ1n) is 7.15. The number of hydrogen-bond acceptors (Lipinski definition) is 4. The fourth-order valence-corrected chi connectivity index (χ4v) is 2.62. The molecule has 0 bridgehead atoms. The van der Waals surface area contributed by atoms with E-state index in [1.807, 2.05) is 10.7 Å². The van der Waals surface area contributed by atoms with Crippen molar-refractivity contribution >= 4 is 11.6 Å². The van der Waals surface area contributed by atoms with Crippen LogP contribution in [-0.4, -0.2) is 28.4 Å². The third kappa shape index (κ3) is 3.36. The molecule has 0 fully saturated rings. The molecule has 0 spiro atoms. The number of methoxy groups -OCH3 is 1. The maximum atomic E-state index is 6.32. The van der Waals surface area contributed by atoms with Gasteiger partial charge in [-0.05, 0) is 24.6 Å². The SMILES string of the molecule is CCCn1ncc(OC)c1C(NCC)c1ccncc1Cl. The molecule has 0 saturated heterocycles. The summed E-state index contributed by atoms with van der Waals surface area (Å²) in [6, 6.07) is 1.85. The molecule has 0 aliphatic rings. The molecule has 0 aliphatic heterocycles. The molecule has 6 heteroatoms. The molecule has 0 aromatic carbocycles. The molecule has 2 rings (SSSR count). The van der Waals surface area contributed by atoms with E-state index in [1.165, 1.54) is 0 Å². The number of hydrogen-bond donors (Lipinski definition) is 1. The second-order valence-electron chi connectivity index (χ2n) is 4.71. The third-order valence-corrected chi connectivity index (χ3v) is 3.61. The van der Waals surface area contributed by atoms with Crippen molar-refractivity contribution in [2.45, 2.75) is 32.9 Å². The zero-order valence-corrected chi connectivity index (χ0v) is 13.4. The van der Waals surface area contributed by atoms with Gasteiger partial charge in [-0.2, -0.15) is 5.10 Å². The number of rotatable bonds is 7. The molecule has 21 heavy (non-hydrogen) atoms. The van der Waals surface area contributed by atoms with Gasteiger partial charge in [-0.1, -0.05) is 25.4 Å². The van der Waals surface area contributed by atoms with E-state index in [1.54, 1.807) is 25.7 Å². The molecule has 1 unspecified atom stereocenters. The molecular formula is C15H21ClN4O. The van der Waals surface area contributed by atoms with Crippen molar-refractivity contribution in [1.82, 2.24) is 20.1 Å². The van der Waals surface area contributed by atoms with E-state index in [2.05, 4.69) is 29.2 Å². The summed E-state index contributed by atoms with van der Waals surface area (Å²) < 4.78 is 7.45. The van der Waals surface area contributed by atoms with E-state index >= 15 is 0 Å². The Morgan fingerprint density at radius 2 is 2.19 bits per heavy atom. The van der Waals surface area contributed by atoms with Crippen molar-refractivity contribution in [2.75, 3.05) is 13.7 Å². The zero-order valence-electron chi connectivity index (χ0n) is 12.6. The Kier molecular flexibility index (Phi) is 5.59. The minimum Gasteiger partial charge on any atom is -0.493 e. The predicted molar refractivity (Wildman–Crippen MR) is 83.8 cm³/mol. The molecular weight excluding hydrogens is 288 g/mol. The van der Waals surface area contributed by atoms with Crippen LogP contribution in [0, 0.1) is 0 Å². The Morgan fingerprint density at radius 3 is 2.81 bits per heavy atom. The van der Waals surface area contributed by atoms with Crippen molar-refractivity contribution in [3.63, 3.8) is 0 Å². The predicted octanol–water partition coefficient (Wildman–Crippen LogP) is 3.05. The highest BCUT2D eigenvalue weighted by Gasteiger charge is 2.24. The summed E-state index contributed by atoms with van der Waals surface area (Å²) in [5, 5.41) is 8.52. The average molecular weight is 309 g/mol. The van der Waals surface area contributed by atoms with Gasteiger partial charge >= 0.3 is 0 Å². The number of nitrogens with zero attached hydrogens (tertiary/aromatic N) is 3. The lowest BCUT2D eigenvalue weighted by atomic mass is 10.0. The average Bonchev–Trinajstić information content (AvgIpc) is 2.89. The van der Waals surface area contributed by atoms with Gasteiger partial charge < -0.3 is 10.1 Å². The normalized spacial score (nSPS) is 12.4. The van der Waals surface area contributed by atoms with Crippen LogP contribution < -0.4 is 10.1 Å².